The fourth-order valence-corrected chi connectivity index (χ4v) is 1.35. The number of benzene rings is 1. The largest absolute Gasteiger partial charge is 1.00 e. The molecule has 0 saturated carbocycles. The summed E-state index contributed by atoms with van der Waals surface area (Å²) < 4.78 is 0. The summed E-state index contributed by atoms with van der Waals surface area (Å²) in [6.07, 6.45) is 0. The van der Waals surface area contributed by atoms with Gasteiger partial charge in [0.2, 0.25) is 0 Å². The first-order chi connectivity index (χ1) is 5.52. The van der Waals surface area contributed by atoms with Crippen LogP contribution in [-0.2, 0) is 0 Å². The molecule has 1 atom stereocenters. The molecule has 0 saturated heterocycles. The molecular weight excluding hydrogens is 182 g/mol. The van der Waals surface area contributed by atoms with Gasteiger partial charge in [0.05, 0.1) is 0 Å². The molecule has 0 aromatic heterocycles. The molecule has 1 aromatic rings. The molecule has 3 N–H and O–H groups in total. The number of hydrogen-bond acceptors (Lipinski definition) is 0. The Morgan fingerprint density at radius 3 is 1.77 bits per heavy atom. The summed E-state index contributed by atoms with van der Waals surface area (Å²) in [7, 11) is 0. The van der Waals surface area contributed by atoms with Crippen molar-refractivity contribution in [2.45, 2.75) is 33.7 Å². The SMILES string of the molecule is Cc1cc(C(C)[NH3+])cc(C)c1C.[Cl-]. The number of hydrogen-bond donors (Lipinski definition) is 1. The van der Waals surface area contributed by atoms with Crippen LogP contribution in [0.2, 0.25) is 0 Å². The monoisotopic (exact) mass is 199 g/mol. The molecule has 1 rings (SSSR count). The Morgan fingerprint density at radius 1 is 1.08 bits per heavy atom. The summed E-state index contributed by atoms with van der Waals surface area (Å²) in [6.45, 7) is 8.62. The average Bonchev–Trinajstić information content (AvgIpc) is 1.99. The molecule has 0 bridgehead atoms. The first-order valence-corrected chi connectivity index (χ1v) is 4.43. The van der Waals surface area contributed by atoms with Crippen LogP contribution >= 0.6 is 0 Å². The molecule has 0 aliphatic heterocycles. The maximum atomic E-state index is 4.02. The van der Waals surface area contributed by atoms with Gasteiger partial charge in [-0.15, -0.1) is 0 Å². The number of quaternary nitrogens is 1. The first kappa shape index (κ1) is 12.5. The summed E-state index contributed by atoms with van der Waals surface area (Å²) in [5.74, 6) is 0. The second-order valence-corrected chi connectivity index (χ2v) is 3.68. The van der Waals surface area contributed by atoms with E-state index >= 15 is 0 Å². The molecule has 13 heavy (non-hydrogen) atoms. The molecule has 1 aromatic carbocycles. The minimum atomic E-state index is 0. The van der Waals surface area contributed by atoms with E-state index in [1.165, 1.54) is 22.3 Å². The van der Waals surface area contributed by atoms with Crippen LogP contribution in [0.3, 0.4) is 0 Å². The minimum Gasteiger partial charge on any atom is -1.00 e. The number of halogens is 1. The molecule has 1 nitrogen and oxygen atoms in total. The average molecular weight is 200 g/mol. The lowest BCUT2D eigenvalue weighted by Gasteiger charge is -2.09. The zero-order valence-electron chi connectivity index (χ0n) is 8.82. The summed E-state index contributed by atoms with van der Waals surface area (Å²) in [5, 5.41) is 0. The second-order valence-electron chi connectivity index (χ2n) is 3.68. The maximum absolute atomic E-state index is 4.02. The van der Waals surface area contributed by atoms with Crippen molar-refractivity contribution in [1.29, 1.82) is 0 Å². The van der Waals surface area contributed by atoms with Crippen molar-refractivity contribution < 1.29 is 18.1 Å². The predicted octanol–water partition coefficient (Wildman–Crippen LogP) is -1.08. The first-order valence-electron chi connectivity index (χ1n) is 4.43. The highest BCUT2D eigenvalue weighted by molar-refractivity contribution is 5.37. The van der Waals surface area contributed by atoms with E-state index in [1.807, 2.05) is 0 Å². The third kappa shape index (κ3) is 2.71. The molecule has 74 valence electrons. The minimum absolute atomic E-state index is 0. The van der Waals surface area contributed by atoms with Crippen LogP contribution in [0.4, 0.5) is 0 Å². The standard InChI is InChI=1S/C11H17N.ClH/c1-7-5-11(10(4)12)6-8(2)9(7)3;/h5-6,10H,12H2,1-4H3;1H. The van der Waals surface area contributed by atoms with Crippen molar-refractivity contribution in [2.75, 3.05) is 0 Å². The Labute approximate surface area is 86.7 Å². The molecule has 0 amide bonds. The van der Waals surface area contributed by atoms with E-state index in [-0.39, 0.29) is 12.4 Å². The van der Waals surface area contributed by atoms with Gasteiger partial charge >= 0.3 is 0 Å². The number of aryl methyl sites for hydroxylation is 2. The molecule has 0 aliphatic carbocycles. The maximum Gasteiger partial charge on any atom is 0.107 e. The van der Waals surface area contributed by atoms with Gasteiger partial charge in [-0.1, -0.05) is 0 Å². The van der Waals surface area contributed by atoms with Crippen molar-refractivity contribution in [3.63, 3.8) is 0 Å². The fraction of sp³-hybridized carbons (Fsp3) is 0.455. The quantitative estimate of drug-likeness (QED) is 0.596. The molecule has 0 radical (unpaired) electrons. The molecule has 0 fully saturated rings. The Bertz CT molecular complexity index is 269. The van der Waals surface area contributed by atoms with E-state index in [1.54, 1.807) is 0 Å². The molecule has 0 heterocycles. The van der Waals surface area contributed by atoms with E-state index in [2.05, 4.69) is 45.6 Å². The van der Waals surface area contributed by atoms with Crippen LogP contribution in [0.15, 0.2) is 12.1 Å². The van der Waals surface area contributed by atoms with E-state index in [9.17, 15) is 0 Å². The highest BCUT2D eigenvalue weighted by Gasteiger charge is 2.05. The molecule has 0 aliphatic rings. The summed E-state index contributed by atoms with van der Waals surface area (Å²) in [4.78, 5) is 0. The van der Waals surface area contributed by atoms with Crippen molar-refractivity contribution in [1.82, 2.24) is 0 Å². The van der Waals surface area contributed by atoms with E-state index in [4.69, 9.17) is 0 Å². The van der Waals surface area contributed by atoms with Gasteiger partial charge in [-0.2, -0.15) is 0 Å². The third-order valence-corrected chi connectivity index (χ3v) is 2.52. The van der Waals surface area contributed by atoms with E-state index in [0.29, 0.717) is 6.04 Å². The summed E-state index contributed by atoms with van der Waals surface area (Å²) in [6, 6.07) is 4.86. The molecular formula is C11H18ClN. The topological polar surface area (TPSA) is 27.6 Å². The van der Waals surface area contributed by atoms with E-state index < -0.39 is 0 Å². The van der Waals surface area contributed by atoms with Crippen LogP contribution in [-0.4, -0.2) is 0 Å². The third-order valence-electron chi connectivity index (χ3n) is 2.52. The van der Waals surface area contributed by atoms with Gasteiger partial charge in [-0.3, -0.25) is 0 Å². The van der Waals surface area contributed by atoms with Gasteiger partial charge < -0.3 is 18.1 Å². The smallest absolute Gasteiger partial charge is 0.107 e. The Morgan fingerprint density at radius 2 is 1.46 bits per heavy atom. The van der Waals surface area contributed by atoms with Gasteiger partial charge in [-0.05, 0) is 56.5 Å². The zero-order valence-corrected chi connectivity index (χ0v) is 9.57. The predicted molar refractivity (Wildman–Crippen MR) is 52.0 cm³/mol. The Kier molecular flexibility index (Phi) is 4.45. The molecule has 1 unspecified atom stereocenters. The zero-order chi connectivity index (χ0) is 9.30. The van der Waals surface area contributed by atoms with Gasteiger partial charge in [-0.25, -0.2) is 0 Å². The highest BCUT2D eigenvalue weighted by Crippen LogP contribution is 2.18. The van der Waals surface area contributed by atoms with Gasteiger partial charge in [0.25, 0.3) is 0 Å². The lowest BCUT2D eigenvalue weighted by molar-refractivity contribution is -0.420. The second kappa shape index (κ2) is 4.64. The van der Waals surface area contributed by atoms with E-state index in [0.717, 1.165) is 0 Å². The van der Waals surface area contributed by atoms with Crippen molar-refractivity contribution >= 4 is 0 Å². The van der Waals surface area contributed by atoms with Crippen LogP contribution in [0, 0.1) is 20.8 Å². The van der Waals surface area contributed by atoms with Crippen LogP contribution in [0.5, 0.6) is 0 Å². The summed E-state index contributed by atoms with van der Waals surface area (Å²) >= 11 is 0. The van der Waals surface area contributed by atoms with Crippen molar-refractivity contribution in [3.8, 4) is 0 Å². The van der Waals surface area contributed by atoms with Gasteiger partial charge in [0.15, 0.2) is 0 Å². The lowest BCUT2D eigenvalue weighted by Crippen LogP contribution is -3.00. The van der Waals surface area contributed by atoms with Crippen LogP contribution in [0.1, 0.15) is 35.2 Å². The van der Waals surface area contributed by atoms with Gasteiger partial charge in [0.1, 0.15) is 6.04 Å². The molecule has 0 spiro atoms. The lowest BCUT2D eigenvalue weighted by atomic mass is 9.98. The van der Waals surface area contributed by atoms with Crippen molar-refractivity contribution in [3.05, 3.63) is 34.4 Å². The highest BCUT2D eigenvalue weighted by atomic mass is 35.5. The Hall–Kier alpha value is -0.530. The van der Waals surface area contributed by atoms with Crippen molar-refractivity contribution in [2.24, 2.45) is 0 Å². The fourth-order valence-electron chi connectivity index (χ4n) is 1.35. The van der Waals surface area contributed by atoms with Gasteiger partial charge in [0, 0.05) is 5.56 Å². The van der Waals surface area contributed by atoms with Crippen LogP contribution in [0.25, 0.3) is 0 Å². The Balaban J connectivity index is 0.00000144. The van der Waals surface area contributed by atoms with Crippen LogP contribution < -0.4 is 18.1 Å². The summed E-state index contributed by atoms with van der Waals surface area (Å²) in [5.41, 5.74) is 9.52. The normalized spacial score (nSPS) is 12.1. The molecule has 2 heteroatoms. The number of rotatable bonds is 1.